The van der Waals surface area contributed by atoms with Crippen LogP contribution in [-0.4, -0.2) is 0 Å². The van der Waals surface area contributed by atoms with Gasteiger partial charge >= 0.3 is 0 Å². The Balaban J connectivity index is 2.22. The molecule has 0 heterocycles. The summed E-state index contributed by atoms with van der Waals surface area (Å²) in [6.07, 6.45) is 0.510. The fraction of sp³-hybridized carbons (Fsp3) is 0.143. The van der Waals surface area contributed by atoms with Crippen molar-refractivity contribution in [2.75, 3.05) is 0 Å². The molecule has 2 aromatic rings. The van der Waals surface area contributed by atoms with Gasteiger partial charge in [0.2, 0.25) is 0 Å². The lowest BCUT2D eigenvalue weighted by Gasteiger charge is -2.14. The Morgan fingerprint density at radius 1 is 1.11 bits per heavy atom. The summed E-state index contributed by atoms with van der Waals surface area (Å²) in [5.41, 5.74) is 7.80. The van der Waals surface area contributed by atoms with E-state index in [0.29, 0.717) is 16.5 Å². The van der Waals surface area contributed by atoms with Crippen LogP contribution in [0.2, 0.25) is 10.0 Å². The van der Waals surface area contributed by atoms with Gasteiger partial charge in [0.15, 0.2) is 0 Å². The van der Waals surface area contributed by atoms with Gasteiger partial charge in [0.05, 0.1) is 10.0 Å². The summed E-state index contributed by atoms with van der Waals surface area (Å²) in [5.74, 6) is -0.278. The van der Waals surface area contributed by atoms with Crippen LogP contribution in [0.15, 0.2) is 40.9 Å². The fourth-order valence-corrected chi connectivity index (χ4v) is 2.51. The first-order valence-electron chi connectivity index (χ1n) is 5.62. The summed E-state index contributed by atoms with van der Waals surface area (Å²) in [6.45, 7) is 0. The van der Waals surface area contributed by atoms with Gasteiger partial charge in [0.1, 0.15) is 5.82 Å². The van der Waals surface area contributed by atoms with Crippen LogP contribution in [0.4, 0.5) is 4.39 Å². The molecule has 0 fully saturated rings. The minimum atomic E-state index is -0.278. The standard InChI is InChI=1S/C14H11BrCl2FN/c15-11-3-2-10(18)5-9(11)7-14(19)8-1-4-12(16)13(17)6-8/h1-6,14H,7,19H2. The minimum absolute atomic E-state index is 0.270. The Morgan fingerprint density at radius 2 is 1.84 bits per heavy atom. The van der Waals surface area contributed by atoms with E-state index in [1.165, 1.54) is 12.1 Å². The highest BCUT2D eigenvalue weighted by Crippen LogP contribution is 2.28. The molecule has 2 aromatic carbocycles. The van der Waals surface area contributed by atoms with Crippen LogP contribution in [0.25, 0.3) is 0 Å². The molecule has 0 amide bonds. The molecule has 0 saturated carbocycles. The molecule has 0 saturated heterocycles. The van der Waals surface area contributed by atoms with E-state index in [9.17, 15) is 4.39 Å². The van der Waals surface area contributed by atoms with Gasteiger partial charge in [-0.3, -0.25) is 0 Å². The van der Waals surface area contributed by atoms with Gasteiger partial charge < -0.3 is 5.73 Å². The van der Waals surface area contributed by atoms with Gasteiger partial charge in [-0.1, -0.05) is 45.2 Å². The SMILES string of the molecule is NC(Cc1cc(F)ccc1Br)c1ccc(Cl)c(Cl)c1. The highest BCUT2D eigenvalue weighted by atomic mass is 79.9. The van der Waals surface area contributed by atoms with Crippen LogP contribution in [-0.2, 0) is 6.42 Å². The van der Waals surface area contributed by atoms with Crippen molar-refractivity contribution < 1.29 is 4.39 Å². The van der Waals surface area contributed by atoms with Gasteiger partial charge in [0, 0.05) is 10.5 Å². The van der Waals surface area contributed by atoms with Crippen molar-refractivity contribution in [1.82, 2.24) is 0 Å². The highest BCUT2D eigenvalue weighted by Gasteiger charge is 2.11. The van der Waals surface area contributed by atoms with Gasteiger partial charge in [-0.25, -0.2) is 4.39 Å². The molecule has 5 heteroatoms. The van der Waals surface area contributed by atoms with Crippen LogP contribution in [0, 0.1) is 5.82 Å². The summed E-state index contributed by atoms with van der Waals surface area (Å²) in [4.78, 5) is 0. The van der Waals surface area contributed by atoms with E-state index in [1.54, 1.807) is 18.2 Å². The number of benzene rings is 2. The zero-order chi connectivity index (χ0) is 14.0. The number of hydrogen-bond donors (Lipinski definition) is 1. The number of rotatable bonds is 3. The van der Waals surface area contributed by atoms with Gasteiger partial charge in [-0.05, 0) is 47.9 Å². The summed E-state index contributed by atoms with van der Waals surface area (Å²) < 4.78 is 14.1. The van der Waals surface area contributed by atoms with E-state index in [4.69, 9.17) is 28.9 Å². The Bertz CT molecular complexity index is 604. The van der Waals surface area contributed by atoms with E-state index >= 15 is 0 Å². The van der Waals surface area contributed by atoms with Gasteiger partial charge in [-0.2, -0.15) is 0 Å². The summed E-state index contributed by atoms with van der Waals surface area (Å²) >= 11 is 15.2. The van der Waals surface area contributed by atoms with E-state index in [-0.39, 0.29) is 11.9 Å². The zero-order valence-electron chi connectivity index (χ0n) is 9.84. The van der Waals surface area contributed by atoms with Crippen LogP contribution >= 0.6 is 39.1 Å². The normalized spacial score (nSPS) is 12.5. The van der Waals surface area contributed by atoms with Crippen molar-refractivity contribution >= 4 is 39.1 Å². The van der Waals surface area contributed by atoms with Crippen LogP contribution in [0.5, 0.6) is 0 Å². The Labute approximate surface area is 129 Å². The van der Waals surface area contributed by atoms with Crippen LogP contribution in [0.1, 0.15) is 17.2 Å². The molecule has 0 aliphatic heterocycles. The Hall–Kier alpha value is -0.610. The highest BCUT2D eigenvalue weighted by molar-refractivity contribution is 9.10. The van der Waals surface area contributed by atoms with Crippen molar-refractivity contribution in [2.45, 2.75) is 12.5 Å². The molecule has 0 aliphatic rings. The second-order valence-corrected chi connectivity index (χ2v) is 5.89. The molecule has 0 radical (unpaired) electrons. The molecule has 1 unspecified atom stereocenters. The molecule has 0 bridgehead atoms. The maximum Gasteiger partial charge on any atom is 0.123 e. The molecule has 0 aliphatic carbocycles. The molecule has 0 spiro atoms. The molecule has 19 heavy (non-hydrogen) atoms. The van der Waals surface area contributed by atoms with E-state index in [1.807, 2.05) is 6.07 Å². The van der Waals surface area contributed by atoms with Gasteiger partial charge in [-0.15, -0.1) is 0 Å². The van der Waals surface area contributed by atoms with Crippen LogP contribution in [0.3, 0.4) is 0 Å². The second kappa shape index (κ2) is 6.23. The molecule has 1 nitrogen and oxygen atoms in total. The molecular formula is C14H11BrCl2FN. The van der Waals surface area contributed by atoms with Crippen molar-refractivity contribution in [1.29, 1.82) is 0 Å². The maximum atomic E-state index is 13.2. The third kappa shape index (κ3) is 3.69. The minimum Gasteiger partial charge on any atom is -0.324 e. The molecule has 100 valence electrons. The molecule has 0 aromatic heterocycles. The predicted molar refractivity (Wildman–Crippen MR) is 81.2 cm³/mol. The van der Waals surface area contributed by atoms with E-state index < -0.39 is 0 Å². The first-order chi connectivity index (χ1) is 8.97. The average molecular weight is 363 g/mol. The Morgan fingerprint density at radius 3 is 2.53 bits per heavy atom. The lowest BCUT2D eigenvalue weighted by molar-refractivity contribution is 0.621. The molecule has 1 atom stereocenters. The summed E-state index contributed by atoms with van der Waals surface area (Å²) in [7, 11) is 0. The van der Waals surface area contributed by atoms with E-state index in [2.05, 4.69) is 15.9 Å². The molecular weight excluding hydrogens is 352 g/mol. The summed E-state index contributed by atoms with van der Waals surface area (Å²) in [5, 5.41) is 0.956. The van der Waals surface area contributed by atoms with Crippen molar-refractivity contribution in [3.05, 3.63) is 67.9 Å². The van der Waals surface area contributed by atoms with Crippen molar-refractivity contribution in [3.8, 4) is 0 Å². The average Bonchev–Trinajstić information content (AvgIpc) is 2.37. The van der Waals surface area contributed by atoms with Crippen molar-refractivity contribution in [2.24, 2.45) is 5.73 Å². The maximum absolute atomic E-state index is 13.2. The fourth-order valence-electron chi connectivity index (χ4n) is 1.80. The topological polar surface area (TPSA) is 26.0 Å². The monoisotopic (exact) mass is 361 g/mol. The Kier molecular flexibility index (Phi) is 4.85. The third-order valence-electron chi connectivity index (χ3n) is 2.82. The quantitative estimate of drug-likeness (QED) is 0.803. The predicted octanol–water partition coefficient (Wildman–Crippen LogP) is 5.14. The molecule has 2 rings (SSSR count). The zero-order valence-corrected chi connectivity index (χ0v) is 12.9. The first kappa shape index (κ1) is 14.8. The first-order valence-corrected chi connectivity index (χ1v) is 7.16. The molecule has 2 N–H and O–H groups in total. The van der Waals surface area contributed by atoms with Gasteiger partial charge in [0.25, 0.3) is 0 Å². The smallest absolute Gasteiger partial charge is 0.123 e. The number of hydrogen-bond acceptors (Lipinski definition) is 1. The third-order valence-corrected chi connectivity index (χ3v) is 4.33. The lowest BCUT2D eigenvalue weighted by atomic mass is 10.00. The van der Waals surface area contributed by atoms with E-state index in [0.717, 1.165) is 15.6 Å². The lowest BCUT2D eigenvalue weighted by Crippen LogP contribution is -2.13. The number of halogens is 4. The largest absolute Gasteiger partial charge is 0.324 e. The van der Waals surface area contributed by atoms with Crippen molar-refractivity contribution in [3.63, 3.8) is 0 Å². The summed E-state index contributed by atoms with van der Waals surface area (Å²) in [6, 6.07) is 9.55. The second-order valence-electron chi connectivity index (χ2n) is 4.22. The van der Waals surface area contributed by atoms with Crippen LogP contribution < -0.4 is 5.73 Å². The number of nitrogens with two attached hydrogens (primary N) is 1.